The van der Waals surface area contributed by atoms with Crippen molar-refractivity contribution in [1.29, 1.82) is 0 Å². The first-order valence-electron chi connectivity index (χ1n) is 7.17. The topological polar surface area (TPSA) is 54.2 Å². The second-order valence-electron chi connectivity index (χ2n) is 6.64. The van der Waals surface area contributed by atoms with E-state index < -0.39 is 0 Å². The van der Waals surface area contributed by atoms with E-state index in [9.17, 15) is 0 Å². The van der Waals surface area contributed by atoms with Crippen molar-refractivity contribution in [2.75, 3.05) is 26.7 Å². The Morgan fingerprint density at radius 3 is 2.53 bits per heavy atom. The molecule has 2 rings (SSSR count). The van der Waals surface area contributed by atoms with Crippen LogP contribution in [0, 0.1) is 5.92 Å². The fraction of sp³-hybridized carbons (Fsp3) is 0.857. The summed E-state index contributed by atoms with van der Waals surface area (Å²) < 4.78 is 5.73. The average Bonchev–Trinajstić information content (AvgIpc) is 2.78. The largest absolute Gasteiger partial charge is 0.423 e. The summed E-state index contributed by atoms with van der Waals surface area (Å²) in [7, 11) is 2.13. The molecule has 0 aliphatic carbocycles. The minimum Gasteiger partial charge on any atom is -0.423 e. The highest BCUT2D eigenvalue weighted by atomic mass is 16.4. The number of hydrogen-bond donors (Lipinski definition) is 1. The van der Waals surface area contributed by atoms with Crippen molar-refractivity contribution in [3.63, 3.8) is 0 Å². The molecule has 1 aliphatic heterocycles. The standard InChI is InChI=1S/C14H26N4O/c1-14(2,3)13-17-16-12(19-13)10-18(4)9-11-5-7-15-8-6-11/h11,15H,5-10H2,1-4H3. The van der Waals surface area contributed by atoms with E-state index in [1.165, 1.54) is 12.8 Å². The molecule has 0 amide bonds. The summed E-state index contributed by atoms with van der Waals surface area (Å²) in [5, 5.41) is 11.7. The van der Waals surface area contributed by atoms with Crippen molar-refractivity contribution in [2.45, 2.75) is 45.6 Å². The van der Waals surface area contributed by atoms with E-state index in [2.05, 4.69) is 48.2 Å². The van der Waals surface area contributed by atoms with Crippen molar-refractivity contribution in [2.24, 2.45) is 5.92 Å². The molecular formula is C14H26N4O. The van der Waals surface area contributed by atoms with Gasteiger partial charge in [0.2, 0.25) is 11.8 Å². The second kappa shape index (κ2) is 6.01. The average molecular weight is 266 g/mol. The van der Waals surface area contributed by atoms with Gasteiger partial charge in [-0.15, -0.1) is 10.2 Å². The summed E-state index contributed by atoms with van der Waals surface area (Å²) in [4.78, 5) is 2.29. The number of hydrogen-bond acceptors (Lipinski definition) is 5. The summed E-state index contributed by atoms with van der Waals surface area (Å²) >= 11 is 0. The molecule has 1 aliphatic rings. The molecule has 0 bridgehead atoms. The zero-order valence-electron chi connectivity index (χ0n) is 12.6. The predicted molar refractivity (Wildman–Crippen MR) is 74.9 cm³/mol. The molecule has 0 unspecified atom stereocenters. The van der Waals surface area contributed by atoms with Crippen molar-refractivity contribution < 1.29 is 4.42 Å². The van der Waals surface area contributed by atoms with Gasteiger partial charge in [0.1, 0.15) is 0 Å². The van der Waals surface area contributed by atoms with Gasteiger partial charge in [0.15, 0.2) is 0 Å². The van der Waals surface area contributed by atoms with Gasteiger partial charge in [-0.25, -0.2) is 0 Å². The Hall–Kier alpha value is -0.940. The Morgan fingerprint density at radius 1 is 1.26 bits per heavy atom. The van der Waals surface area contributed by atoms with Crippen molar-refractivity contribution in [3.05, 3.63) is 11.8 Å². The number of rotatable bonds is 4. The third-order valence-electron chi connectivity index (χ3n) is 3.54. The van der Waals surface area contributed by atoms with Crippen LogP contribution in [-0.2, 0) is 12.0 Å². The summed E-state index contributed by atoms with van der Waals surface area (Å²) in [6, 6.07) is 0. The monoisotopic (exact) mass is 266 g/mol. The van der Waals surface area contributed by atoms with Crippen LogP contribution in [0.4, 0.5) is 0 Å². The van der Waals surface area contributed by atoms with Crippen molar-refractivity contribution in [1.82, 2.24) is 20.4 Å². The molecule has 0 radical (unpaired) electrons. The Morgan fingerprint density at radius 2 is 1.95 bits per heavy atom. The minimum absolute atomic E-state index is 0.0706. The van der Waals surface area contributed by atoms with E-state index in [1.807, 2.05) is 0 Å². The van der Waals surface area contributed by atoms with Gasteiger partial charge in [-0.05, 0) is 38.9 Å². The highest BCUT2D eigenvalue weighted by molar-refractivity contribution is 4.96. The lowest BCUT2D eigenvalue weighted by atomic mass is 9.97. The SMILES string of the molecule is CN(Cc1nnc(C(C)(C)C)o1)CC1CCNCC1. The van der Waals surface area contributed by atoms with Gasteiger partial charge in [-0.2, -0.15) is 0 Å². The van der Waals surface area contributed by atoms with E-state index in [0.29, 0.717) is 0 Å². The first kappa shape index (κ1) is 14.5. The molecule has 0 atom stereocenters. The first-order chi connectivity index (χ1) is 8.95. The third-order valence-corrected chi connectivity index (χ3v) is 3.54. The van der Waals surface area contributed by atoms with E-state index in [0.717, 1.165) is 43.9 Å². The highest BCUT2D eigenvalue weighted by Crippen LogP contribution is 2.21. The molecule has 1 aromatic heterocycles. The van der Waals surface area contributed by atoms with E-state index in [-0.39, 0.29) is 5.41 Å². The Kier molecular flexibility index (Phi) is 4.58. The van der Waals surface area contributed by atoms with Crippen LogP contribution in [0.3, 0.4) is 0 Å². The van der Waals surface area contributed by atoms with Crippen molar-refractivity contribution in [3.8, 4) is 0 Å². The molecule has 1 saturated heterocycles. The quantitative estimate of drug-likeness (QED) is 0.900. The Bertz CT molecular complexity index is 390. The second-order valence-corrected chi connectivity index (χ2v) is 6.64. The predicted octanol–water partition coefficient (Wildman–Crippen LogP) is 1.80. The maximum atomic E-state index is 5.73. The van der Waals surface area contributed by atoms with Crippen LogP contribution in [0.5, 0.6) is 0 Å². The highest BCUT2D eigenvalue weighted by Gasteiger charge is 2.22. The number of piperidine rings is 1. The lowest BCUT2D eigenvalue weighted by Crippen LogP contribution is -2.34. The molecule has 2 heterocycles. The normalized spacial score (nSPS) is 18.2. The molecule has 5 nitrogen and oxygen atoms in total. The summed E-state index contributed by atoms with van der Waals surface area (Å²) in [5.41, 5.74) is -0.0706. The molecular weight excluding hydrogens is 240 g/mol. The molecule has 0 saturated carbocycles. The third kappa shape index (κ3) is 4.28. The van der Waals surface area contributed by atoms with Gasteiger partial charge in [-0.3, -0.25) is 4.90 Å². The molecule has 0 aromatic carbocycles. The van der Waals surface area contributed by atoms with E-state index in [4.69, 9.17) is 4.42 Å². The van der Waals surface area contributed by atoms with Crippen LogP contribution in [0.25, 0.3) is 0 Å². The van der Waals surface area contributed by atoms with Crippen LogP contribution < -0.4 is 5.32 Å². The number of nitrogens with zero attached hydrogens (tertiary/aromatic N) is 3. The molecule has 1 fully saturated rings. The van der Waals surface area contributed by atoms with Crippen LogP contribution in [0.2, 0.25) is 0 Å². The number of nitrogens with one attached hydrogen (secondary N) is 1. The van der Waals surface area contributed by atoms with Crippen LogP contribution in [0.1, 0.15) is 45.4 Å². The Labute approximate surface area is 115 Å². The zero-order valence-corrected chi connectivity index (χ0v) is 12.6. The molecule has 1 aromatic rings. The van der Waals surface area contributed by atoms with Crippen LogP contribution >= 0.6 is 0 Å². The van der Waals surface area contributed by atoms with Gasteiger partial charge in [0.05, 0.1) is 6.54 Å². The lowest BCUT2D eigenvalue weighted by molar-refractivity contribution is 0.214. The Balaban J connectivity index is 1.84. The molecule has 0 spiro atoms. The summed E-state index contributed by atoms with van der Waals surface area (Å²) in [6.07, 6.45) is 2.53. The van der Waals surface area contributed by atoms with Crippen LogP contribution in [-0.4, -0.2) is 41.8 Å². The molecule has 19 heavy (non-hydrogen) atoms. The van der Waals surface area contributed by atoms with Gasteiger partial charge in [-0.1, -0.05) is 20.8 Å². The lowest BCUT2D eigenvalue weighted by Gasteiger charge is -2.26. The minimum atomic E-state index is -0.0706. The van der Waals surface area contributed by atoms with Gasteiger partial charge in [0.25, 0.3) is 0 Å². The fourth-order valence-electron chi connectivity index (χ4n) is 2.42. The molecule has 5 heteroatoms. The van der Waals surface area contributed by atoms with E-state index in [1.54, 1.807) is 0 Å². The molecule has 108 valence electrons. The van der Waals surface area contributed by atoms with Gasteiger partial charge < -0.3 is 9.73 Å². The molecule has 1 N–H and O–H groups in total. The zero-order chi connectivity index (χ0) is 13.9. The maximum Gasteiger partial charge on any atom is 0.230 e. The first-order valence-corrected chi connectivity index (χ1v) is 7.17. The number of aromatic nitrogens is 2. The maximum absolute atomic E-state index is 5.73. The van der Waals surface area contributed by atoms with E-state index >= 15 is 0 Å². The van der Waals surface area contributed by atoms with Crippen molar-refractivity contribution >= 4 is 0 Å². The summed E-state index contributed by atoms with van der Waals surface area (Å²) in [5.74, 6) is 2.23. The van der Waals surface area contributed by atoms with Gasteiger partial charge in [0, 0.05) is 12.0 Å². The smallest absolute Gasteiger partial charge is 0.230 e. The summed E-state index contributed by atoms with van der Waals surface area (Å²) in [6.45, 7) is 10.4. The van der Waals surface area contributed by atoms with Gasteiger partial charge >= 0.3 is 0 Å². The fourth-order valence-corrected chi connectivity index (χ4v) is 2.42. The van der Waals surface area contributed by atoms with Crippen LogP contribution in [0.15, 0.2) is 4.42 Å².